The molecule has 1 fully saturated rings. The first-order chi connectivity index (χ1) is 17.2. The molecule has 2 aromatic carbocycles. The minimum absolute atomic E-state index is 0.0416. The van der Waals surface area contributed by atoms with Crippen molar-refractivity contribution in [3.05, 3.63) is 58.1 Å². The third kappa shape index (κ3) is 4.74. The van der Waals surface area contributed by atoms with E-state index in [1.807, 2.05) is 13.0 Å². The summed E-state index contributed by atoms with van der Waals surface area (Å²) in [4.78, 5) is 32.6. The van der Waals surface area contributed by atoms with Crippen LogP contribution in [0.4, 0.5) is 5.69 Å². The fourth-order valence-electron chi connectivity index (χ4n) is 4.87. The number of carbonyl (C=O) groups excluding carboxylic acids is 2. The number of aliphatic imine (C=N–C) groups is 1. The van der Waals surface area contributed by atoms with Crippen molar-refractivity contribution < 1.29 is 19.1 Å². The molecule has 0 aliphatic carbocycles. The van der Waals surface area contributed by atoms with Crippen LogP contribution in [0.25, 0.3) is 0 Å². The van der Waals surface area contributed by atoms with E-state index in [0.717, 1.165) is 0 Å². The molecule has 1 saturated heterocycles. The summed E-state index contributed by atoms with van der Waals surface area (Å²) < 4.78 is 10.9. The van der Waals surface area contributed by atoms with Crippen LogP contribution in [0.1, 0.15) is 54.6 Å². The van der Waals surface area contributed by atoms with E-state index in [0.29, 0.717) is 30.7 Å². The third-order valence-electron chi connectivity index (χ3n) is 6.61. The first-order valence-electron chi connectivity index (χ1n) is 11.6. The fourth-order valence-corrected chi connectivity index (χ4v) is 5.24. The number of methoxy groups -OCH3 is 1. The number of hydrogen-bond donors (Lipinski definition) is 2. The molecule has 2 aliphatic rings. The van der Waals surface area contributed by atoms with Gasteiger partial charge in [0.15, 0.2) is 5.96 Å². The molecule has 0 bridgehead atoms. The minimum Gasteiger partial charge on any atom is -0.495 e. The molecular weight excluding hydrogens is 482 g/mol. The Labute approximate surface area is 214 Å². The largest absolute Gasteiger partial charge is 0.495 e. The van der Waals surface area contributed by atoms with Crippen LogP contribution in [0.5, 0.6) is 5.75 Å². The summed E-state index contributed by atoms with van der Waals surface area (Å²) in [5, 5.41) is 12.4. The molecule has 2 aromatic rings. The van der Waals surface area contributed by atoms with Crippen molar-refractivity contribution in [3.63, 3.8) is 0 Å². The van der Waals surface area contributed by atoms with Crippen LogP contribution in [0.2, 0.25) is 5.02 Å². The molecule has 0 radical (unpaired) electrons. The Morgan fingerprint density at radius 3 is 2.78 bits per heavy atom. The lowest BCUT2D eigenvalue weighted by Gasteiger charge is -2.41. The number of halogens is 1. The Balaban J connectivity index is 1.63. The molecule has 0 saturated carbocycles. The molecule has 2 amide bonds. The zero-order valence-corrected chi connectivity index (χ0v) is 21.1. The van der Waals surface area contributed by atoms with Crippen molar-refractivity contribution in [2.45, 2.75) is 50.8 Å². The topological polar surface area (TPSA) is 130 Å². The zero-order valence-electron chi connectivity index (χ0n) is 20.4. The summed E-state index contributed by atoms with van der Waals surface area (Å²) in [5.74, 6) is -0.297. The van der Waals surface area contributed by atoms with E-state index >= 15 is 0 Å². The highest BCUT2D eigenvalue weighted by Gasteiger charge is 2.42. The number of benzene rings is 2. The van der Waals surface area contributed by atoms with E-state index in [-0.39, 0.29) is 52.3 Å². The van der Waals surface area contributed by atoms with E-state index in [1.54, 1.807) is 48.2 Å². The number of nitrogens with two attached hydrogens (primary N) is 1. The van der Waals surface area contributed by atoms with Crippen LogP contribution >= 0.6 is 11.6 Å². The van der Waals surface area contributed by atoms with Gasteiger partial charge in [0.25, 0.3) is 5.91 Å². The van der Waals surface area contributed by atoms with Crippen molar-refractivity contribution in [2.24, 2.45) is 10.7 Å². The molecule has 3 N–H and O–H groups in total. The number of hydrogen-bond acceptors (Lipinski definition) is 7. The Morgan fingerprint density at radius 1 is 1.36 bits per heavy atom. The van der Waals surface area contributed by atoms with E-state index in [2.05, 4.69) is 5.32 Å². The number of carbonyl (C=O) groups is 2. The second kappa shape index (κ2) is 10.2. The van der Waals surface area contributed by atoms with Crippen LogP contribution in [-0.2, 0) is 15.1 Å². The zero-order chi connectivity index (χ0) is 26.0. The molecule has 10 heteroatoms. The molecular formula is C26H28ClN5O4. The monoisotopic (exact) mass is 509 g/mol. The highest BCUT2D eigenvalue weighted by Crippen LogP contribution is 2.41. The number of guanidine groups is 1. The number of nitriles is 1. The van der Waals surface area contributed by atoms with Gasteiger partial charge in [-0.3, -0.25) is 14.5 Å². The lowest BCUT2D eigenvalue weighted by Crippen LogP contribution is -2.56. The quantitative estimate of drug-likeness (QED) is 0.630. The summed E-state index contributed by atoms with van der Waals surface area (Å²) in [7, 11) is 1.40. The fraction of sp³-hybridized carbons (Fsp3) is 0.385. The summed E-state index contributed by atoms with van der Waals surface area (Å²) in [6.45, 7) is 4.34. The Bertz CT molecular complexity index is 1270. The normalized spacial score (nSPS) is 24.0. The van der Waals surface area contributed by atoms with Gasteiger partial charge in [-0.25, -0.2) is 4.99 Å². The maximum absolute atomic E-state index is 13.3. The second-order valence-electron chi connectivity index (χ2n) is 9.16. The van der Waals surface area contributed by atoms with Gasteiger partial charge >= 0.3 is 0 Å². The van der Waals surface area contributed by atoms with Gasteiger partial charge in [-0.2, -0.15) is 5.26 Å². The van der Waals surface area contributed by atoms with E-state index < -0.39 is 11.4 Å². The van der Waals surface area contributed by atoms with Gasteiger partial charge in [0, 0.05) is 18.2 Å². The van der Waals surface area contributed by atoms with Gasteiger partial charge in [-0.1, -0.05) is 29.8 Å². The van der Waals surface area contributed by atoms with Crippen LogP contribution < -0.4 is 15.8 Å². The third-order valence-corrected chi connectivity index (χ3v) is 7.01. The summed E-state index contributed by atoms with van der Waals surface area (Å²) in [6, 6.07) is 11.8. The van der Waals surface area contributed by atoms with E-state index in [9.17, 15) is 14.9 Å². The van der Waals surface area contributed by atoms with Crippen LogP contribution in [-0.4, -0.2) is 48.5 Å². The van der Waals surface area contributed by atoms with Gasteiger partial charge in [0.1, 0.15) is 11.8 Å². The molecule has 36 heavy (non-hydrogen) atoms. The van der Waals surface area contributed by atoms with Crippen molar-refractivity contribution in [3.8, 4) is 11.8 Å². The summed E-state index contributed by atoms with van der Waals surface area (Å²) >= 11 is 6.75. The molecule has 4 rings (SSSR count). The van der Waals surface area contributed by atoms with Crippen molar-refractivity contribution in [1.82, 2.24) is 4.90 Å². The van der Waals surface area contributed by atoms with Gasteiger partial charge in [-0.15, -0.1) is 0 Å². The number of nitrogens with zero attached hydrogens (tertiary/aromatic N) is 3. The van der Waals surface area contributed by atoms with Crippen LogP contribution in [0, 0.1) is 11.3 Å². The summed E-state index contributed by atoms with van der Waals surface area (Å²) in [5.41, 5.74) is 6.66. The smallest absolute Gasteiger partial charge is 0.259 e. The minimum atomic E-state index is -1.01. The average Bonchev–Trinajstić information content (AvgIpc) is 2.84. The van der Waals surface area contributed by atoms with E-state index in [1.165, 1.54) is 7.11 Å². The van der Waals surface area contributed by atoms with Crippen molar-refractivity contribution >= 4 is 35.1 Å². The van der Waals surface area contributed by atoms with E-state index in [4.69, 9.17) is 31.8 Å². The van der Waals surface area contributed by atoms with Gasteiger partial charge in [0.05, 0.1) is 47.0 Å². The maximum atomic E-state index is 13.3. The average molecular weight is 510 g/mol. The Morgan fingerprint density at radius 2 is 2.11 bits per heavy atom. The van der Waals surface area contributed by atoms with Gasteiger partial charge in [-0.05, 0) is 44.9 Å². The highest BCUT2D eigenvalue weighted by atomic mass is 35.5. The van der Waals surface area contributed by atoms with Crippen LogP contribution in [0.3, 0.4) is 0 Å². The molecule has 0 unspecified atom stereocenters. The Kier molecular flexibility index (Phi) is 7.20. The molecule has 0 spiro atoms. The summed E-state index contributed by atoms with van der Waals surface area (Å²) in [6.07, 6.45) is 1.51. The first-order valence-corrected chi connectivity index (χ1v) is 12.0. The molecule has 9 nitrogen and oxygen atoms in total. The standard InChI is InChI=1S/C26H28ClN5O4/c1-15-12-17(10-11-36-15)32-21(33)13-26(2,31-25(32)29)19-8-5-9-20(22(19)27)30-24(34)18-7-4-6-16(14-28)23(18)35-3/h4-9,15,17H,10-13H2,1-3H3,(H2,29,31)(H,30,34)/t15-,17-,26+/m1/s1. The van der Waals surface area contributed by atoms with Crippen molar-refractivity contribution in [2.75, 3.05) is 19.0 Å². The number of rotatable bonds is 5. The molecule has 2 aliphatic heterocycles. The number of anilines is 1. The number of amides is 2. The van der Waals surface area contributed by atoms with Crippen LogP contribution in [0.15, 0.2) is 41.4 Å². The lowest BCUT2D eigenvalue weighted by molar-refractivity contribution is -0.133. The molecule has 3 atom stereocenters. The van der Waals surface area contributed by atoms with Gasteiger partial charge < -0.3 is 20.5 Å². The predicted molar refractivity (Wildman–Crippen MR) is 136 cm³/mol. The molecule has 0 aromatic heterocycles. The maximum Gasteiger partial charge on any atom is 0.259 e. The first kappa shape index (κ1) is 25.5. The predicted octanol–water partition coefficient (Wildman–Crippen LogP) is 3.80. The number of para-hydroxylation sites is 1. The number of ether oxygens (including phenoxy) is 2. The van der Waals surface area contributed by atoms with Gasteiger partial charge in [0.2, 0.25) is 5.91 Å². The lowest BCUT2D eigenvalue weighted by atomic mass is 9.86. The number of nitrogens with one attached hydrogen (secondary N) is 1. The molecule has 2 heterocycles. The Hall–Kier alpha value is -3.61. The highest BCUT2D eigenvalue weighted by molar-refractivity contribution is 6.35. The SMILES string of the molecule is COc1c(C#N)cccc1C(=O)Nc1cccc([C@]2(C)CC(=O)N([C@@H]3CCO[C@H](C)C3)C(N)=N2)c1Cl. The van der Waals surface area contributed by atoms with Crippen molar-refractivity contribution in [1.29, 1.82) is 5.26 Å². The second-order valence-corrected chi connectivity index (χ2v) is 9.54. The molecule has 188 valence electrons.